The van der Waals surface area contributed by atoms with Crippen molar-refractivity contribution in [2.45, 2.75) is 25.0 Å². The number of hydrogen-bond donors (Lipinski definition) is 1. The van der Waals surface area contributed by atoms with Gasteiger partial charge in [-0.2, -0.15) is 0 Å². The van der Waals surface area contributed by atoms with Crippen molar-refractivity contribution in [2.24, 2.45) is 10.7 Å². The second-order valence-electron chi connectivity index (χ2n) is 6.21. The van der Waals surface area contributed by atoms with Gasteiger partial charge >= 0.3 is 0 Å². The van der Waals surface area contributed by atoms with Crippen molar-refractivity contribution >= 4 is 11.5 Å². The monoisotopic (exact) mass is 343 g/mol. The molecule has 2 aromatic rings. The number of hydrogen-bond acceptors (Lipinski definition) is 5. The Morgan fingerprint density at radius 3 is 2.72 bits per heavy atom. The topological polar surface area (TPSA) is 90.8 Å². The van der Waals surface area contributed by atoms with Gasteiger partial charge in [-0.25, -0.2) is 4.39 Å². The lowest BCUT2D eigenvalue weighted by Gasteiger charge is -2.28. The van der Waals surface area contributed by atoms with Crippen LogP contribution in [0.1, 0.15) is 30.6 Å². The number of nitrogens with two attached hydrogens (primary N) is 1. The molecule has 130 valence electrons. The summed E-state index contributed by atoms with van der Waals surface area (Å²) in [7, 11) is 0. The minimum Gasteiger partial charge on any atom is -0.386 e. The predicted molar refractivity (Wildman–Crippen MR) is 91.8 cm³/mol. The molecule has 2 N–H and O–H groups in total. The Kier molecular flexibility index (Phi) is 4.50. The first-order valence-electron chi connectivity index (χ1n) is 7.84. The number of nitro groups is 1. The van der Waals surface area contributed by atoms with Gasteiger partial charge in [-0.1, -0.05) is 30.3 Å². The highest BCUT2D eigenvalue weighted by atomic mass is 19.1. The van der Waals surface area contributed by atoms with Crippen LogP contribution in [0.5, 0.6) is 0 Å². The fraction of sp³-hybridized carbons (Fsp3) is 0.278. The maximum absolute atomic E-state index is 14.5. The molecule has 2 aromatic carbocycles. The lowest BCUT2D eigenvalue weighted by atomic mass is 9.84. The molecule has 0 spiro atoms. The molecule has 7 heteroatoms. The second-order valence-corrected chi connectivity index (χ2v) is 6.21. The van der Waals surface area contributed by atoms with Crippen molar-refractivity contribution < 1.29 is 14.1 Å². The third kappa shape index (κ3) is 3.51. The number of aliphatic imine (C=N–C) groups is 1. The molecule has 6 nitrogen and oxygen atoms in total. The normalized spacial score (nSPS) is 23.6. The highest BCUT2D eigenvalue weighted by Gasteiger charge is 2.36. The average molecular weight is 343 g/mol. The molecule has 3 rings (SSSR count). The second kappa shape index (κ2) is 6.60. The zero-order valence-electron chi connectivity index (χ0n) is 13.7. The van der Waals surface area contributed by atoms with E-state index in [1.165, 1.54) is 6.07 Å². The van der Waals surface area contributed by atoms with Gasteiger partial charge in [0, 0.05) is 24.1 Å². The van der Waals surface area contributed by atoms with Gasteiger partial charge in [0.25, 0.3) is 5.69 Å². The van der Waals surface area contributed by atoms with Crippen molar-refractivity contribution in [3.8, 4) is 0 Å². The molecule has 0 aliphatic carbocycles. The largest absolute Gasteiger partial charge is 0.386 e. The quantitative estimate of drug-likeness (QED) is 0.682. The highest BCUT2D eigenvalue weighted by molar-refractivity contribution is 5.82. The molecular formula is C18H18FN3O3. The number of rotatable bonds is 3. The smallest absolute Gasteiger partial charge is 0.270 e. The average Bonchev–Trinajstić information content (AvgIpc) is 2.74. The van der Waals surface area contributed by atoms with Gasteiger partial charge < -0.3 is 10.5 Å². The van der Waals surface area contributed by atoms with Crippen LogP contribution < -0.4 is 5.73 Å². The van der Waals surface area contributed by atoms with Gasteiger partial charge in [-0.05, 0) is 18.6 Å². The molecule has 0 aromatic heterocycles. The van der Waals surface area contributed by atoms with Crippen LogP contribution in [0.2, 0.25) is 0 Å². The van der Waals surface area contributed by atoms with E-state index < -0.39 is 16.3 Å². The van der Waals surface area contributed by atoms with E-state index in [0.29, 0.717) is 6.42 Å². The number of nitrogens with zero attached hydrogens (tertiary/aromatic N) is 2. The van der Waals surface area contributed by atoms with Gasteiger partial charge in [0.1, 0.15) is 18.3 Å². The Hall–Kier alpha value is -2.80. The van der Waals surface area contributed by atoms with E-state index in [1.54, 1.807) is 6.92 Å². The van der Waals surface area contributed by atoms with Gasteiger partial charge in [-0.15, -0.1) is 0 Å². The molecule has 0 radical (unpaired) electrons. The van der Waals surface area contributed by atoms with Crippen LogP contribution in [0.4, 0.5) is 10.1 Å². The fourth-order valence-corrected chi connectivity index (χ4v) is 3.09. The first kappa shape index (κ1) is 17.0. The Labute approximate surface area is 144 Å². The van der Waals surface area contributed by atoms with Crippen molar-refractivity contribution in [1.29, 1.82) is 0 Å². The number of non-ortho nitro benzene ring substituents is 1. The fourth-order valence-electron chi connectivity index (χ4n) is 3.09. The Morgan fingerprint density at radius 2 is 2.04 bits per heavy atom. The van der Waals surface area contributed by atoms with Crippen LogP contribution in [0.3, 0.4) is 0 Å². The minimum atomic E-state index is -1.07. The molecular weight excluding hydrogens is 325 g/mol. The number of halogens is 1. The SMILES string of the molecule is C[C@@]1(c2cc([N+](=O)[O-])ccc2F)C[C@@H](c2ccccc2)OCC(N)=N1. The molecule has 0 amide bonds. The van der Waals surface area contributed by atoms with E-state index in [1.807, 2.05) is 30.3 Å². The summed E-state index contributed by atoms with van der Waals surface area (Å²) in [4.78, 5) is 14.9. The third-order valence-corrected chi connectivity index (χ3v) is 4.32. The van der Waals surface area contributed by atoms with Crippen LogP contribution in [0.25, 0.3) is 0 Å². The Morgan fingerprint density at radius 1 is 1.32 bits per heavy atom. The van der Waals surface area contributed by atoms with Crippen molar-refractivity contribution in [1.82, 2.24) is 0 Å². The van der Waals surface area contributed by atoms with Crippen LogP contribution in [-0.4, -0.2) is 17.4 Å². The van der Waals surface area contributed by atoms with Gasteiger partial charge in [0.2, 0.25) is 0 Å². The first-order valence-corrected chi connectivity index (χ1v) is 7.84. The Balaban J connectivity index is 2.06. The number of nitro benzene ring substituents is 1. The molecule has 0 bridgehead atoms. The Bertz CT molecular complexity index is 826. The van der Waals surface area contributed by atoms with E-state index in [4.69, 9.17) is 10.5 Å². The van der Waals surface area contributed by atoms with Gasteiger partial charge in [0.05, 0.1) is 16.6 Å². The summed E-state index contributed by atoms with van der Waals surface area (Å²) in [6.45, 7) is 1.83. The summed E-state index contributed by atoms with van der Waals surface area (Å²) in [5.41, 5.74) is 5.70. The van der Waals surface area contributed by atoms with Crippen molar-refractivity contribution in [3.05, 3.63) is 75.6 Å². The number of amidine groups is 1. The molecule has 1 aliphatic heterocycles. The summed E-state index contributed by atoms with van der Waals surface area (Å²) < 4.78 is 20.3. The maximum Gasteiger partial charge on any atom is 0.270 e. The molecule has 0 unspecified atom stereocenters. The number of benzene rings is 2. The molecule has 0 saturated heterocycles. The zero-order chi connectivity index (χ0) is 18.0. The van der Waals surface area contributed by atoms with E-state index in [0.717, 1.165) is 17.7 Å². The van der Waals surface area contributed by atoms with Crippen LogP contribution in [-0.2, 0) is 10.3 Å². The molecule has 1 heterocycles. The van der Waals surface area contributed by atoms with Crippen molar-refractivity contribution in [3.63, 3.8) is 0 Å². The zero-order valence-corrected chi connectivity index (χ0v) is 13.7. The van der Waals surface area contributed by atoms with Gasteiger partial charge in [-0.3, -0.25) is 15.1 Å². The third-order valence-electron chi connectivity index (χ3n) is 4.32. The predicted octanol–water partition coefficient (Wildman–Crippen LogP) is 3.47. The summed E-state index contributed by atoms with van der Waals surface area (Å²) in [6, 6.07) is 12.9. The lowest BCUT2D eigenvalue weighted by Crippen LogP contribution is -2.26. The van der Waals surface area contributed by atoms with Crippen LogP contribution in [0.15, 0.2) is 53.5 Å². The van der Waals surface area contributed by atoms with E-state index in [9.17, 15) is 14.5 Å². The molecule has 0 saturated carbocycles. The first-order chi connectivity index (χ1) is 11.9. The summed E-state index contributed by atoms with van der Waals surface area (Å²) >= 11 is 0. The van der Waals surface area contributed by atoms with Crippen LogP contribution >= 0.6 is 0 Å². The van der Waals surface area contributed by atoms with E-state index >= 15 is 0 Å². The highest BCUT2D eigenvalue weighted by Crippen LogP contribution is 2.40. The van der Waals surface area contributed by atoms with E-state index in [-0.39, 0.29) is 29.8 Å². The number of ether oxygens (including phenoxy) is 1. The molecule has 2 atom stereocenters. The standard InChI is InChI=1S/C18H18FN3O3/c1-18(14-9-13(22(23)24)7-8-15(14)19)10-16(25-11-17(20)21-18)12-5-3-2-4-6-12/h2-9,16H,10-11H2,1H3,(H2,20,21)/t16-,18-/m0/s1. The minimum absolute atomic E-state index is 0.117. The summed E-state index contributed by atoms with van der Waals surface area (Å²) in [5.74, 6) is -0.329. The van der Waals surface area contributed by atoms with Crippen molar-refractivity contribution in [2.75, 3.05) is 6.61 Å². The summed E-state index contributed by atoms with van der Waals surface area (Å²) in [5, 5.41) is 11.1. The molecule has 0 fully saturated rings. The lowest BCUT2D eigenvalue weighted by molar-refractivity contribution is -0.385. The molecule has 1 aliphatic rings. The summed E-state index contributed by atoms with van der Waals surface area (Å²) in [6.07, 6.45) is -0.0369. The van der Waals surface area contributed by atoms with Gasteiger partial charge in [0.15, 0.2) is 0 Å². The maximum atomic E-state index is 14.5. The van der Waals surface area contributed by atoms with E-state index in [2.05, 4.69) is 4.99 Å². The van der Waals surface area contributed by atoms with Crippen LogP contribution in [0, 0.1) is 15.9 Å². The molecule has 25 heavy (non-hydrogen) atoms.